The second-order valence-electron chi connectivity index (χ2n) is 13.3. The van der Waals surface area contributed by atoms with Crippen LogP contribution in [0.2, 0.25) is 0 Å². The van der Waals surface area contributed by atoms with Crippen molar-refractivity contribution in [1.29, 1.82) is 0 Å². The van der Waals surface area contributed by atoms with Crippen LogP contribution in [0.15, 0.2) is 140 Å². The number of fused-ring (bicyclic) bond motifs is 8. The van der Waals surface area contributed by atoms with Gasteiger partial charge in [0.1, 0.15) is 5.82 Å². The predicted molar refractivity (Wildman–Crippen MR) is 201 cm³/mol. The van der Waals surface area contributed by atoms with E-state index >= 15 is 0 Å². The summed E-state index contributed by atoms with van der Waals surface area (Å²) in [6.07, 6.45) is 19.6. The molecule has 10 rings (SSSR count). The van der Waals surface area contributed by atoms with Gasteiger partial charge in [-0.15, -0.1) is 0 Å². The molecule has 0 saturated heterocycles. The Morgan fingerprint density at radius 1 is 0.653 bits per heavy atom. The third-order valence-electron chi connectivity index (χ3n) is 10.6. The molecule has 0 amide bonds. The van der Waals surface area contributed by atoms with Gasteiger partial charge in [0.25, 0.3) is 0 Å². The smallest absolute Gasteiger partial charge is 0.164 e. The molecule has 7 aromatic rings. The first-order valence-electron chi connectivity index (χ1n) is 17.4. The average Bonchev–Trinajstić information content (AvgIpc) is 3.53. The number of hydrogen-bond acceptors (Lipinski definition) is 3. The molecule has 0 aliphatic heterocycles. The molecule has 2 heterocycles. The summed E-state index contributed by atoms with van der Waals surface area (Å²) in [4.78, 5) is 15.3. The molecule has 5 aromatic carbocycles. The van der Waals surface area contributed by atoms with Gasteiger partial charge in [-0.05, 0) is 70.8 Å². The maximum Gasteiger partial charge on any atom is 0.164 e. The monoisotopic (exact) mass is 630 g/mol. The van der Waals surface area contributed by atoms with Crippen LogP contribution >= 0.6 is 0 Å². The minimum atomic E-state index is 0.119. The van der Waals surface area contributed by atoms with E-state index in [1.165, 1.54) is 54.8 Å². The number of rotatable bonds is 4. The van der Waals surface area contributed by atoms with Crippen molar-refractivity contribution in [2.45, 2.75) is 37.6 Å². The van der Waals surface area contributed by atoms with Gasteiger partial charge in [-0.3, -0.25) is 0 Å². The summed E-state index contributed by atoms with van der Waals surface area (Å²) in [5, 5.41) is 5.32. The van der Waals surface area contributed by atoms with Gasteiger partial charge in [0.05, 0.1) is 17.1 Å². The van der Waals surface area contributed by atoms with Crippen LogP contribution in [0.25, 0.3) is 55.6 Å². The van der Waals surface area contributed by atoms with Gasteiger partial charge in [0, 0.05) is 27.8 Å². The van der Waals surface area contributed by atoms with E-state index in [9.17, 15) is 0 Å². The molecule has 4 nitrogen and oxygen atoms in total. The van der Waals surface area contributed by atoms with E-state index < -0.39 is 0 Å². The Morgan fingerprint density at radius 2 is 1.47 bits per heavy atom. The van der Waals surface area contributed by atoms with Crippen molar-refractivity contribution in [3.63, 3.8) is 0 Å². The largest absolute Gasteiger partial charge is 0.332 e. The predicted octanol–water partition coefficient (Wildman–Crippen LogP) is 10.8. The zero-order valence-corrected chi connectivity index (χ0v) is 27.1. The fraction of sp³-hybridized carbons (Fsp3) is 0.133. The highest BCUT2D eigenvalue weighted by Crippen LogP contribution is 2.46. The highest BCUT2D eigenvalue weighted by Gasteiger charge is 2.30. The topological polar surface area (TPSA) is 43.6 Å². The van der Waals surface area contributed by atoms with Crippen LogP contribution in [0.1, 0.15) is 65.1 Å². The number of allylic oxidation sites excluding steroid dienone is 6. The second kappa shape index (κ2) is 11.4. The molecule has 4 heteroatoms. The first-order valence-corrected chi connectivity index (χ1v) is 17.4. The van der Waals surface area contributed by atoms with Crippen LogP contribution in [-0.2, 0) is 6.42 Å². The van der Waals surface area contributed by atoms with Gasteiger partial charge in [0.2, 0.25) is 0 Å². The van der Waals surface area contributed by atoms with Crippen LogP contribution < -0.4 is 0 Å². The van der Waals surface area contributed by atoms with E-state index in [2.05, 4.69) is 132 Å². The highest BCUT2D eigenvalue weighted by molar-refractivity contribution is 6.23. The van der Waals surface area contributed by atoms with E-state index in [1.54, 1.807) is 0 Å². The summed E-state index contributed by atoms with van der Waals surface area (Å²) in [7, 11) is 0. The molecule has 234 valence electrons. The molecule has 0 fully saturated rings. The molecule has 0 saturated carbocycles. The molecule has 3 aliphatic rings. The first-order chi connectivity index (χ1) is 24.3. The number of hydrogen-bond donors (Lipinski definition) is 0. The van der Waals surface area contributed by atoms with Crippen LogP contribution in [0, 0.1) is 0 Å². The van der Waals surface area contributed by atoms with Crippen LogP contribution in [-0.4, -0.2) is 19.5 Å². The molecule has 0 bridgehead atoms. The SMILES string of the molecule is C1=CCC(c2nc(C3=CCC(n4c5ccc6c(c5c5c7ccccc7ccc54)C=CCC6)c4ccccc43)nc(-c3ccccc3)n2)C=C1. The molecule has 2 unspecified atom stereocenters. The number of nitrogens with zero attached hydrogens (tertiary/aromatic N) is 4. The summed E-state index contributed by atoms with van der Waals surface area (Å²) >= 11 is 0. The lowest BCUT2D eigenvalue weighted by Crippen LogP contribution is -2.17. The standard InChI is InChI=1S/C45H34N4/c1-3-15-31(16-4-1)43-46-44(32-17-5-2-6-18-32)48-45(47-43)37-25-28-38(36-22-12-11-21-35(36)37)49-39-26-23-29-13-7-9-19-33(29)41(39)42-34-20-10-8-14-30(34)24-27-40(42)49/h1-7,9-13,15-17,19-27,32,38H,8,14,18,28H2. The summed E-state index contributed by atoms with van der Waals surface area (Å²) in [6.45, 7) is 0. The minimum absolute atomic E-state index is 0.119. The fourth-order valence-electron chi connectivity index (χ4n) is 8.27. The molecular weight excluding hydrogens is 597 g/mol. The van der Waals surface area contributed by atoms with Crippen molar-refractivity contribution in [2.75, 3.05) is 0 Å². The van der Waals surface area contributed by atoms with Crippen molar-refractivity contribution in [3.05, 3.63) is 173 Å². The Balaban J connectivity index is 1.18. The van der Waals surface area contributed by atoms with E-state index in [0.717, 1.165) is 54.3 Å². The number of aryl methyl sites for hydroxylation is 1. The molecule has 0 spiro atoms. The van der Waals surface area contributed by atoms with E-state index in [1.807, 2.05) is 18.2 Å². The third kappa shape index (κ3) is 4.55. The maximum absolute atomic E-state index is 5.19. The number of aromatic nitrogens is 4. The Kier molecular flexibility index (Phi) is 6.54. The van der Waals surface area contributed by atoms with Gasteiger partial charge in [-0.25, -0.2) is 15.0 Å². The third-order valence-corrected chi connectivity index (χ3v) is 10.6. The van der Waals surface area contributed by atoms with E-state index in [4.69, 9.17) is 15.0 Å². The normalized spacial score (nSPS) is 18.2. The molecule has 49 heavy (non-hydrogen) atoms. The van der Waals surface area contributed by atoms with Crippen molar-refractivity contribution in [1.82, 2.24) is 19.5 Å². The molecule has 2 aromatic heterocycles. The van der Waals surface area contributed by atoms with Crippen LogP contribution in [0.5, 0.6) is 0 Å². The lowest BCUT2D eigenvalue weighted by atomic mass is 9.86. The Bertz CT molecular complexity index is 2570. The Labute approximate surface area is 285 Å². The summed E-state index contributed by atoms with van der Waals surface area (Å²) < 4.78 is 2.61. The molecule has 2 atom stereocenters. The Hall–Kier alpha value is -5.87. The summed E-state index contributed by atoms with van der Waals surface area (Å²) in [6, 6.07) is 37.5. The summed E-state index contributed by atoms with van der Waals surface area (Å²) in [5.74, 6) is 2.40. The van der Waals surface area contributed by atoms with Gasteiger partial charge in [-0.2, -0.15) is 0 Å². The van der Waals surface area contributed by atoms with E-state index in [-0.39, 0.29) is 12.0 Å². The summed E-state index contributed by atoms with van der Waals surface area (Å²) in [5.41, 5.74) is 9.95. The van der Waals surface area contributed by atoms with E-state index in [0.29, 0.717) is 0 Å². The second-order valence-corrected chi connectivity index (χ2v) is 13.3. The number of benzene rings is 5. The van der Waals surface area contributed by atoms with Gasteiger partial charge in [0.15, 0.2) is 11.6 Å². The lowest BCUT2D eigenvalue weighted by Gasteiger charge is -2.28. The molecule has 0 radical (unpaired) electrons. The quantitative estimate of drug-likeness (QED) is 0.194. The zero-order valence-electron chi connectivity index (χ0n) is 27.1. The maximum atomic E-state index is 5.19. The first kappa shape index (κ1) is 28.2. The van der Waals surface area contributed by atoms with Crippen molar-refractivity contribution in [2.24, 2.45) is 0 Å². The molecule has 3 aliphatic carbocycles. The van der Waals surface area contributed by atoms with Gasteiger partial charge >= 0.3 is 0 Å². The molecule has 0 N–H and O–H groups in total. The minimum Gasteiger partial charge on any atom is -0.332 e. The van der Waals surface area contributed by atoms with Gasteiger partial charge < -0.3 is 4.57 Å². The van der Waals surface area contributed by atoms with Crippen LogP contribution in [0.4, 0.5) is 0 Å². The highest BCUT2D eigenvalue weighted by atomic mass is 15.0. The molecular formula is C45H34N4. The van der Waals surface area contributed by atoms with Crippen molar-refractivity contribution >= 4 is 44.2 Å². The Morgan fingerprint density at radius 3 is 2.39 bits per heavy atom. The zero-order chi connectivity index (χ0) is 32.3. The lowest BCUT2D eigenvalue weighted by molar-refractivity contribution is 0.622. The fourth-order valence-corrected chi connectivity index (χ4v) is 8.27. The van der Waals surface area contributed by atoms with Gasteiger partial charge in [-0.1, -0.05) is 134 Å². The van der Waals surface area contributed by atoms with Crippen molar-refractivity contribution < 1.29 is 0 Å². The van der Waals surface area contributed by atoms with Crippen molar-refractivity contribution in [3.8, 4) is 11.4 Å². The average molecular weight is 631 g/mol. The van der Waals surface area contributed by atoms with Crippen LogP contribution in [0.3, 0.4) is 0 Å².